The van der Waals surface area contributed by atoms with Crippen LogP contribution in [0.5, 0.6) is 11.5 Å². The standard InChI is InChI=1S/C26H32N2O6/c1-17(2)23(28-24(30)18-12-20(32-3)14-21(13-18)33-4)25(31)34-15-22(29)27-16-26(10-11-26)19-8-6-5-7-9-19/h5-9,12-14,17,23H,10-11,15-16H2,1-4H3,(H,27,29)(H,28,30)/t23-/m0/s1. The lowest BCUT2D eigenvalue weighted by atomic mass is 9.96. The van der Waals surface area contributed by atoms with Gasteiger partial charge in [-0.25, -0.2) is 4.79 Å². The molecule has 2 aromatic rings. The summed E-state index contributed by atoms with van der Waals surface area (Å²) in [4.78, 5) is 37.8. The van der Waals surface area contributed by atoms with Gasteiger partial charge in [0.05, 0.1) is 14.2 Å². The molecular formula is C26H32N2O6. The van der Waals surface area contributed by atoms with Crippen LogP contribution in [0.1, 0.15) is 42.6 Å². The van der Waals surface area contributed by atoms with Crippen molar-refractivity contribution >= 4 is 17.8 Å². The summed E-state index contributed by atoms with van der Waals surface area (Å²) in [6.45, 7) is 3.66. The molecule has 0 saturated heterocycles. The Labute approximate surface area is 200 Å². The summed E-state index contributed by atoms with van der Waals surface area (Å²) in [5.41, 5.74) is 1.44. The predicted octanol–water partition coefficient (Wildman–Crippen LogP) is 2.85. The fourth-order valence-electron chi connectivity index (χ4n) is 3.72. The van der Waals surface area contributed by atoms with Crippen molar-refractivity contribution in [1.29, 1.82) is 0 Å². The number of hydrogen-bond donors (Lipinski definition) is 2. The highest BCUT2D eigenvalue weighted by Crippen LogP contribution is 2.47. The number of nitrogens with one attached hydrogen (secondary N) is 2. The highest BCUT2D eigenvalue weighted by atomic mass is 16.5. The number of benzene rings is 2. The number of amides is 2. The monoisotopic (exact) mass is 468 g/mol. The molecule has 8 heteroatoms. The molecule has 0 aliphatic heterocycles. The van der Waals surface area contributed by atoms with Gasteiger partial charge in [0.1, 0.15) is 17.5 Å². The molecule has 2 amide bonds. The number of rotatable bonds is 11. The van der Waals surface area contributed by atoms with E-state index in [1.807, 2.05) is 18.2 Å². The number of hydrogen-bond acceptors (Lipinski definition) is 6. The van der Waals surface area contributed by atoms with E-state index in [4.69, 9.17) is 14.2 Å². The first-order valence-electron chi connectivity index (χ1n) is 11.3. The predicted molar refractivity (Wildman–Crippen MR) is 127 cm³/mol. The average Bonchev–Trinajstić information content (AvgIpc) is 3.65. The van der Waals surface area contributed by atoms with Crippen molar-refractivity contribution in [3.63, 3.8) is 0 Å². The van der Waals surface area contributed by atoms with Gasteiger partial charge in [-0.1, -0.05) is 44.2 Å². The number of ether oxygens (including phenoxy) is 3. The summed E-state index contributed by atoms with van der Waals surface area (Å²) in [6, 6.07) is 13.9. The molecule has 0 aromatic heterocycles. The minimum absolute atomic E-state index is 0.0346. The van der Waals surface area contributed by atoms with E-state index in [1.165, 1.54) is 19.8 Å². The zero-order chi connectivity index (χ0) is 24.7. The zero-order valence-corrected chi connectivity index (χ0v) is 20.1. The molecule has 0 radical (unpaired) electrons. The number of carbonyl (C=O) groups excluding carboxylic acids is 3. The average molecular weight is 469 g/mol. The van der Waals surface area contributed by atoms with Crippen LogP contribution >= 0.6 is 0 Å². The van der Waals surface area contributed by atoms with Crippen molar-refractivity contribution in [2.45, 2.75) is 38.1 Å². The molecule has 8 nitrogen and oxygen atoms in total. The van der Waals surface area contributed by atoms with Crippen LogP contribution in [0.2, 0.25) is 0 Å². The normalized spacial score (nSPS) is 14.6. The van der Waals surface area contributed by atoms with E-state index < -0.39 is 24.5 Å². The molecule has 34 heavy (non-hydrogen) atoms. The Balaban J connectivity index is 1.54. The minimum Gasteiger partial charge on any atom is -0.497 e. The first-order chi connectivity index (χ1) is 16.3. The molecule has 1 aliphatic rings. The van der Waals surface area contributed by atoms with Gasteiger partial charge in [0, 0.05) is 23.6 Å². The highest BCUT2D eigenvalue weighted by molar-refractivity contribution is 5.97. The van der Waals surface area contributed by atoms with Crippen LogP contribution in [0.3, 0.4) is 0 Å². The van der Waals surface area contributed by atoms with Gasteiger partial charge >= 0.3 is 5.97 Å². The van der Waals surface area contributed by atoms with E-state index in [0.717, 1.165) is 12.8 Å². The smallest absolute Gasteiger partial charge is 0.329 e. The Kier molecular flexibility index (Phi) is 8.15. The van der Waals surface area contributed by atoms with E-state index in [0.29, 0.717) is 18.0 Å². The Morgan fingerprint density at radius 1 is 0.971 bits per heavy atom. The van der Waals surface area contributed by atoms with E-state index in [2.05, 4.69) is 22.8 Å². The molecule has 1 saturated carbocycles. The number of methoxy groups -OCH3 is 2. The maximum absolute atomic E-state index is 12.8. The molecule has 182 valence electrons. The first-order valence-corrected chi connectivity index (χ1v) is 11.3. The van der Waals surface area contributed by atoms with Gasteiger partial charge < -0.3 is 24.8 Å². The molecule has 0 bridgehead atoms. The molecule has 2 aromatic carbocycles. The minimum atomic E-state index is -0.920. The summed E-state index contributed by atoms with van der Waals surface area (Å²) in [5.74, 6) is -0.863. The molecular weight excluding hydrogens is 436 g/mol. The first kappa shape index (κ1) is 25.1. The fourth-order valence-corrected chi connectivity index (χ4v) is 3.72. The van der Waals surface area contributed by atoms with Gasteiger partial charge in [-0.2, -0.15) is 0 Å². The van der Waals surface area contributed by atoms with Gasteiger partial charge in [0.25, 0.3) is 11.8 Å². The third kappa shape index (κ3) is 6.27. The van der Waals surface area contributed by atoms with Crippen LogP contribution in [-0.2, 0) is 19.7 Å². The lowest BCUT2D eigenvalue weighted by molar-refractivity contribution is -0.151. The third-order valence-electron chi connectivity index (χ3n) is 6.03. The fraction of sp³-hybridized carbons (Fsp3) is 0.423. The van der Waals surface area contributed by atoms with Gasteiger partial charge in [-0.3, -0.25) is 9.59 Å². The second-order valence-corrected chi connectivity index (χ2v) is 8.83. The maximum atomic E-state index is 12.8. The van der Waals surface area contributed by atoms with Crippen LogP contribution in [0.4, 0.5) is 0 Å². The van der Waals surface area contributed by atoms with E-state index in [-0.39, 0.29) is 22.8 Å². The maximum Gasteiger partial charge on any atom is 0.329 e. The summed E-state index contributed by atoms with van der Waals surface area (Å²) in [7, 11) is 2.97. The molecule has 0 spiro atoms. The Bertz CT molecular complexity index is 995. The van der Waals surface area contributed by atoms with Gasteiger partial charge in [-0.15, -0.1) is 0 Å². The van der Waals surface area contributed by atoms with Crippen LogP contribution in [0.15, 0.2) is 48.5 Å². The lowest BCUT2D eigenvalue weighted by Gasteiger charge is -2.21. The summed E-state index contributed by atoms with van der Waals surface area (Å²) < 4.78 is 15.6. The summed E-state index contributed by atoms with van der Waals surface area (Å²) in [5, 5.41) is 5.56. The summed E-state index contributed by atoms with van der Waals surface area (Å²) >= 11 is 0. The van der Waals surface area contributed by atoms with Gasteiger partial charge in [-0.05, 0) is 36.5 Å². The van der Waals surface area contributed by atoms with E-state index in [1.54, 1.807) is 32.0 Å². The van der Waals surface area contributed by atoms with Crippen molar-refractivity contribution in [2.75, 3.05) is 27.4 Å². The molecule has 1 fully saturated rings. The van der Waals surface area contributed by atoms with Crippen molar-refractivity contribution in [1.82, 2.24) is 10.6 Å². The molecule has 1 atom stereocenters. The van der Waals surface area contributed by atoms with Crippen molar-refractivity contribution < 1.29 is 28.6 Å². The zero-order valence-electron chi connectivity index (χ0n) is 20.1. The molecule has 2 N–H and O–H groups in total. The number of esters is 1. The topological polar surface area (TPSA) is 103 Å². The van der Waals surface area contributed by atoms with Crippen molar-refractivity contribution in [3.8, 4) is 11.5 Å². The SMILES string of the molecule is COc1cc(OC)cc(C(=O)N[C@H](C(=O)OCC(=O)NCC2(c3ccccc3)CC2)C(C)C)c1. The van der Waals surface area contributed by atoms with Crippen LogP contribution in [0, 0.1) is 5.92 Å². The van der Waals surface area contributed by atoms with Crippen LogP contribution in [-0.4, -0.2) is 51.2 Å². The van der Waals surface area contributed by atoms with Gasteiger partial charge in [0.15, 0.2) is 6.61 Å². The van der Waals surface area contributed by atoms with Crippen molar-refractivity contribution in [2.24, 2.45) is 5.92 Å². The Hall–Kier alpha value is -3.55. The van der Waals surface area contributed by atoms with Gasteiger partial charge in [0.2, 0.25) is 0 Å². The molecule has 0 heterocycles. The van der Waals surface area contributed by atoms with Crippen LogP contribution < -0.4 is 20.1 Å². The molecule has 0 unspecified atom stereocenters. The lowest BCUT2D eigenvalue weighted by Crippen LogP contribution is -2.46. The highest BCUT2D eigenvalue weighted by Gasteiger charge is 2.44. The Morgan fingerprint density at radius 3 is 2.12 bits per heavy atom. The quantitative estimate of drug-likeness (QED) is 0.492. The van der Waals surface area contributed by atoms with Crippen molar-refractivity contribution in [3.05, 3.63) is 59.7 Å². The third-order valence-corrected chi connectivity index (χ3v) is 6.03. The van der Waals surface area contributed by atoms with E-state index in [9.17, 15) is 14.4 Å². The largest absolute Gasteiger partial charge is 0.497 e. The second-order valence-electron chi connectivity index (χ2n) is 8.83. The Morgan fingerprint density at radius 2 is 1.59 bits per heavy atom. The molecule has 3 rings (SSSR count). The molecule has 1 aliphatic carbocycles. The van der Waals surface area contributed by atoms with Crippen LogP contribution in [0.25, 0.3) is 0 Å². The second kappa shape index (κ2) is 11.0. The van der Waals surface area contributed by atoms with E-state index >= 15 is 0 Å². The number of carbonyl (C=O) groups is 3. The summed E-state index contributed by atoms with van der Waals surface area (Å²) in [6.07, 6.45) is 2.02.